The molecule has 1 aromatic rings. The quantitative estimate of drug-likeness (QED) is 0.877. The molecule has 1 unspecified atom stereocenters. The molecule has 0 radical (unpaired) electrons. The second-order valence-electron chi connectivity index (χ2n) is 4.99. The van der Waals surface area contributed by atoms with Gasteiger partial charge in [-0.1, -0.05) is 47.7 Å². The molecule has 2 N–H and O–H groups in total. The summed E-state index contributed by atoms with van der Waals surface area (Å²) in [4.78, 5) is 0. The molecule has 2 heteroatoms. The Morgan fingerprint density at radius 3 is 2.69 bits per heavy atom. The molecule has 0 spiro atoms. The number of aryl methyl sites for hydroxylation is 1. The van der Waals surface area contributed by atoms with Crippen molar-refractivity contribution in [3.05, 3.63) is 33.8 Å². The molecular formula is C14H20BrN. The van der Waals surface area contributed by atoms with E-state index >= 15 is 0 Å². The molecule has 16 heavy (non-hydrogen) atoms. The van der Waals surface area contributed by atoms with Crippen molar-refractivity contribution in [2.75, 3.05) is 0 Å². The second-order valence-corrected chi connectivity index (χ2v) is 5.91. The summed E-state index contributed by atoms with van der Waals surface area (Å²) in [5.41, 5.74) is 8.93. The van der Waals surface area contributed by atoms with Crippen molar-refractivity contribution in [3.8, 4) is 0 Å². The topological polar surface area (TPSA) is 26.0 Å². The lowest BCUT2D eigenvalue weighted by atomic mass is 9.92. The standard InChI is InChI=1S/C14H20BrN/c1-10-8-12(15)6-7-13(10)14(16)9-11-4-2-3-5-11/h6-8,11,14H,2-5,9,16H2,1H3. The molecule has 88 valence electrons. The fourth-order valence-electron chi connectivity index (χ4n) is 2.79. The summed E-state index contributed by atoms with van der Waals surface area (Å²) in [6.45, 7) is 2.15. The third-order valence-electron chi connectivity index (χ3n) is 3.69. The van der Waals surface area contributed by atoms with Gasteiger partial charge in [0.15, 0.2) is 0 Å². The molecule has 0 amide bonds. The van der Waals surface area contributed by atoms with Crippen LogP contribution in [0.2, 0.25) is 0 Å². The van der Waals surface area contributed by atoms with Crippen molar-refractivity contribution in [3.63, 3.8) is 0 Å². The van der Waals surface area contributed by atoms with E-state index in [0.717, 1.165) is 16.8 Å². The molecular weight excluding hydrogens is 262 g/mol. The van der Waals surface area contributed by atoms with Crippen molar-refractivity contribution in [2.45, 2.75) is 45.1 Å². The average molecular weight is 282 g/mol. The fourth-order valence-corrected chi connectivity index (χ4v) is 3.26. The monoisotopic (exact) mass is 281 g/mol. The smallest absolute Gasteiger partial charge is 0.0300 e. The van der Waals surface area contributed by atoms with Crippen LogP contribution in [0.25, 0.3) is 0 Å². The van der Waals surface area contributed by atoms with Gasteiger partial charge in [0.1, 0.15) is 0 Å². The molecule has 0 heterocycles. The Morgan fingerprint density at radius 2 is 2.06 bits per heavy atom. The first-order chi connectivity index (χ1) is 7.66. The van der Waals surface area contributed by atoms with E-state index in [1.807, 2.05) is 0 Å². The Hall–Kier alpha value is -0.340. The van der Waals surface area contributed by atoms with E-state index in [0.29, 0.717) is 0 Å². The molecule has 1 atom stereocenters. The summed E-state index contributed by atoms with van der Waals surface area (Å²) in [6, 6.07) is 6.64. The maximum Gasteiger partial charge on any atom is 0.0300 e. The Bertz CT molecular complexity index is 356. The molecule has 1 aliphatic rings. The highest BCUT2D eigenvalue weighted by molar-refractivity contribution is 9.10. The highest BCUT2D eigenvalue weighted by Gasteiger charge is 2.19. The molecule has 0 aliphatic heterocycles. The van der Waals surface area contributed by atoms with Gasteiger partial charge in [0, 0.05) is 10.5 Å². The first kappa shape index (κ1) is 12.1. The summed E-state index contributed by atoms with van der Waals surface area (Å²) in [5.74, 6) is 0.859. The molecule has 1 saturated carbocycles. The van der Waals surface area contributed by atoms with Gasteiger partial charge in [0.2, 0.25) is 0 Å². The van der Waals surface area contributed by atoms with Gasteiger partial charge in [0.05, 0.1) is 0 Å². The van der Waals surface area contributed by atoms with Crippen LogP contribution in [0.15, 0.2) is 22.7 Å². The molecule has 0 bridgehead atoms. The third kappa shape index (κ3) is 2.86. The van der Waals surface area contributed by atoms with Crippen LogP contribution in [0, 0.1) is 12.8 Å². The lowest BCUT2D eigenvalue weighted by molar-refractivity contribution is 0.450. The molecule has 1 aliphatic carbocycles. The minimum Gasteiger partial charge on any atom is -0.324 e. The fraction of sp³-hybridized carbons (Fsp3) is 0.571. The molecule has 1 aromatic carbocycles. The summed E-state index contributed by atoms with van der Waals surface area (Å²) >= 11 is 3.49. The molecule has 0 aromatic heterocycles. The first-order valence-electron chi connectivity index (χ1n) is 6.18. The summed E-state index contributed by atoms with van der Waals surface area (Å²) in [6.07, 6.45) is 6.71. The lowest BCUT2D eigenvalue weighted by Gasteiger charge is -2.18. The maximum absolute atomic E-state index is 6.31. The van der Waals surface area contributed by atoms with Crippen LogP contribution in [-0.2, 0) is 0 Å². The van der Waals surface area contributed by atoms with E-state index in [1.165, 1.54) is 36.8 Å². The number of hydrogen-bond acceptors (Lipinski definition) is 1. The van der Waals surface area contributed by atoms with Crippen LogP contribution in [0.5, 0.6) is 0 Å². The van der Waals surface area contributed by atoms with Gasteiger partial charge in [-0.15, -0.1) is 0 Å². The number of benzene rings is 1. The van der Waals surface area contributed by atoms with Crippen LogP contribution < -0.4 is 5.73 Å². The van der Waals surface area contributed by atoms with Crippen molar-refractivity contribution < 1.29 is 0 Å². The van der Waals surface area contributed by atoms with Gasteiger partial charge < -0.3 is 5.73 Å². The first-order valence-corrected chi connectivity index (χ1v) is 6.98. The van der Waals surface area contributed by atoms with E-state index in [9.17, 15) is 0 Å². The predicted molar refractivity (Wildman–Crippen MR) is 72.4 cm³/mol. The number of halogens is 1. The minimum absolute atomic E-state index is 0.219. The summed E-state index contributed by atoms with van der Waals surface area (Å²) < 4.78 is 1.14. The van der Waals surface area contributed by atoms with Crippen LogP contribution in [0.3, 0.4) is 0 Å². The Balaban J connectivity index is 2.04. The van der Waals surface area contributed by atoms with E-state index in [-0.39, 0.29) is 6.04 Å². The Labute approximate surface area is 107 Å². The van der Waals surface area contributed by atoms with E-state index in [1.54, 1.807) is 0 Å². The largest absolute Gasteiger partial charge is 0.324 e. The summed E-state index contributed by atoms with van der Waals surface area (Å²) in [7, 11) is 0. The van der Waals surface area contributed by atoms with Crippen molar-refractivity contribution in [2.24, 2.45) is 11.7 Å². The zero-order valence-electron chi connectivity index (χ0n) is 9.88. The van der Waals surface area contributed by atoms with E-state index < -0.39 is 0 Å². The molecule has 1 nitrogen and oxygen atoms in total. The second kappa shape index (κ2) is 5.33. The highest BCUT2D eigenvalue weighted by Crippen LogP contribution is 2.33. The summed E-state index contributed by atoms with van der Waals surface area (Å²) in [5, 5.41) is 0. The SMILES string of the molecule is Cc1cc(Br)ccc1C(N)CC1CCCC1. The zero-order chi connectivity index (χ0) is 11.5. The maximum atomic E-state index is 6.31. The number of hydrogen-bond donors (Lipinski definition) is 1. The van der Waals surface area contributed by atoms with Gasteiger partial charge >= 0.3 is 0 Å². The lowest BCUT2D eigenvalue weighted by Crippen LogP contribution is -2.15. The van der Waals surface area contributed by atoms with Crippen LogP contribution in [0.4, 0.5) is 0 Å². The van der Waals surface area contributed by atoms with Crippen LogP contribution in [0.1, 0.15) is 49.3 Å². The normalized spacial score (nSPS) is 18.9. The van der Waals surface area contributed by atoms with Crippen molar-refractivity contribution >= 4 is 15.9 Å². The zero-order valence-corrected chi connectivity index (χ0v) is 11.5. The predicted octanol–water partition coefficient (Wildman–Crippen LogP) is 4.34. The highest BCUT2D eigenvalue weighted by atomic mass is 79.9. The van der Waals surface area contributed by atoms with E-state index in [4.69, 9.17) is 5.73 Å². The van der Waals surface area contributed by atoms with Crippen LogP contribution >= 0.6 is 15.9 Å². The number of rotatable bonds is 3. The molecule has 2 rings (SSSR count). The minimum atomic E-state index is 0.219. The van der Waals surface area contributed by atoms with Crippen molar-refractivity contribution in [1.82, 2.24) is 0 Å². The number of nitrogens with two attached hydrogens (primary N) is 1. The van der Waals surface area contributed by atoms with Crippen molar-refractivity contribution in [1.29, 1.82) is 0 Å². The van der Waals surface area contributed by atoms with E-state index in [2.05, 4.69) is 41.1 Å². The third-order valence-corrected chi connectivity index (χ3v) is 4.19. The average Bonchev–Trinajstić information content (AvgIpc) is 2.70. The molecule has 1 fully saturated rings. The molecule has 0 saturated heterocycles. The van der Waals surface area contributed by atoms with Gasteiger partial charge in [-0.05, 0) is 42.5 Å². The Morgan fingerprint density at radius 1 is 1.38 bits per heavy atom. The van der Waals surface area contributed by atoms with Gasteiger partial charge in [0.25, 0.3) is 0 Å². The van der Waals surface area contributed by atoms with Gasteiger partial charge in [-0.25, -0.2) is 0 Å². The Kier molecular flexibility index (Phi) is 4.04. The van der Waals surface area contributed by atoms with Gasteiger partial charge in [-0.2, -0.15) is 0 Å². The van der Waals surface area contributed by atoms with Gasteiger partial charge in [-0.3, -0.25) is 0 Å². The van der Waals surface area contributed by atoms with Crippen LogP contribution in [-0.4, -0.2) is 0 Å².